The molecule has 3 fully saturated rings. The number of hydrogen-bond donors (Lipinski definition) is 2. The van der Waals surface area contributed by atoms with E-state index in [4.69, 9.17) is 16.3 Å². The number of carbonyl (C=O) groups excluding carboxylic acids is 2. The maximum absolute atomic E-state index is 14.6. The summed E-state index contributed by atoms with van der Waals surface area (Å²) in [6.45, 7) is 5.31. The highest BCUT2D eigenvalue weighted by Gasteiger charge is 2.79. The SMILES string of the molecule is C=CCN(C(=O)C1N([C@H](CO)c2ccccc2)C(=O)[C@@H]2[C@H](C(=O)O)[C@]3(CC)CCC12O3)c1ccccc1Cl. The van der Waals surface area contributed by atoms with Gasteiger partial charge in [0, 0.05) is 6.54 Å². The van der Waals surface area contributed by atoms with Crippen molar-refractivity contribution in [2.75, 3.05) is 18.1 Å². The molecule has 1 spiro atoms. The maximum Gasteiger partial charge on any atom is 0.310 e. The number of para-hydroxylation sites is 1. The fourth-order valence-corrected chi connectivity index (χ4v) is 7.17. The van der Waals surface area contributed by atoms with Gasteiger partial charge in [-0.15, -0.1) is 6.58 Å². The maximum atomic E-state index is 14.6. The summed E-state index contributed by atoms with van der Waals surface area (Å²) in [5, 5.41) is 21.2. The molecule has 0 aromatic heterocycles. The third-order valence-electron chi connectivity index (χ3n) is 8.53. The number of benzene rings is 2. The Labute approximate surface area is 226 Å². The Balaban J connectivity index is 1.70. The molecule has 3 heterocycles. The van der Waals surface area contributed by atoms with E-state index in [9.17, 15) is 24.6 Å². The molecule has 9 heteroatoms. The van der Waals surface area contributed by atoms with Gasteiger partial charge in [-0.1, -0.05) is 67.1 Å². The lowest BCUT2D eigenvalue weighted by atomic mass is 9.65. The number of aliphatic hydroxyl groups excluding tert-OH is 1. The van der Waals surface area contributed by atoms with E-state index in [2.05, 4.69) is 6.58 Å². The summed E-state index contributed by atoms with van der Waals surface area (Å²) >= 11 is 6.50. The molecule has 0 saturated carbocycles. The van der Waals surface area contributed by atoms with Gasteiger partial charge in [0.15, 0.2) is 0 Å². The standard InChI is InChI=1S/C29H31ClN2O6/c1-3-16-31(20-13-9-8-12-19(20)30)26(35)24-29-15-14-28(4-2,38-29)23(27(36)37)22(29)25(34)32(24)21(17-33)18-10-6-5-7-11-18/h3,5-13,21-24,33H,1,4,14-17H2,2H3,(H,36,37)/t21-,22+,23-,24?,28+,29?/m1/s1. The van der Waals surface area contributed by atoms with E-state index in [0.717, 1.165) is 0 Å². The Hall–Kier alpha value is -3.20. The summed E-state index contributed by atoms with van der Waals surface area (Å²) in [4.78, 5) is 44.3. The lowest BCUT2D eigenvalue weighted by Gasteiger charge is -2.39. The number of nitrogens with zero attached hydrogens (tertiary/aromatic N) is 2. The minimum Gasteiger partial charge on any atom is -0.481 e. The van der Waals surface area contributed by atoms with Crippen LogP contribution in [0.4, 0.5) is 5.69 Å². The Kier molecular flexibility index (Phi) is 6.84. The van der Waals surface area contributed by atoms with Gasteiger partial charge < -0.3 is 24.7 Å². The smallest absolute Gasteiger partial charge is 0.310 e. The summed E-state index contributed by atoms with van der Waals surface area (Å²) in [5.74, 6) is -4.23. The molecule has 2 aromatic rings. The number of likely N-dealkylation sites (tertiary alicyclic amines) is 1. The van der Waals surface area contributed by atoms with Crippen LogP contribution in [0, 0.1) is 11.8 Å². The topological polar surface area (TPSA) is 107 Å². The van der Waals surface area contributed by atoms with Gasteiger partial charge in [-0.25, -0.2) is 0 Å². The number of carbonyl (C=O) groups is 3. The van der Waals surface area contributed by atoms with E-state index in [1.165, 1.54) is 9.80 Å². The van der Waals surface area contributed by atoms with Gasteiger partial charge in [0.1, 0.15) is 17.6 Å². The van der Waals surface area contributed by atoms with Gasteiger partial charge in [0.25, 0.3) is 5.91 Å². The highest BCUT2D eigenvalue weighted by molar-refractivity contribution is 6.34. The van der Waals surface area contributed by atoms with E-state index in [0.29, 0.717) is 35.5 Å². The first-order valence-corrected chi connectivity index (χ1v) is 13.2. The first kappa shape index (κ1) is 26.4. The average molecular weight is 539 g/mol. The molecular formula is C29H31ClN2O6. The van der Waals surface area contributed by atoms with Crippen LogP contribution >= 0.6 is 11.6 Å². The van der Waals surface area contributed by atoms with Crippen molar-refractivity contribution >= 4 is 35.1 Å². The number of halogens is 1. The zero-order chi connectivity index (χ0) is 27.2. The second kappa shape index (κ2) is 9.84. The third-order valence-corrected chi connectivity index (χ3v) is 8.85. The van der Waals surface area contributed by atoms with Crippen LogP contribution in [0.15, 0.2) is 67.3 Å². The van der Waals surface area contributed by atoms with Gasteiger partial charge in [0.05, 0.1) is 34.9 Å². The number of amides is 2. The van der Waals surface area contributed by atoms with Crippen LogP contribution in [-0.4, -0.2) is 63.3 Å². The van der Waals surface area contributed by atoms with Crippen LogP contribution in [-0.2, 0) is 19.1 Å². The van der Waals surface area contributed by atoms with Crippen molar-refractivity contribution in [3.63, 3.8) is 0 Å². The second-order valence-electron chi connectivity index (χ2n) is 10.2. The summed E-state index contributed by atoms with van der Waals surface area (Å²) in [5.41, 5.74) is -1.31. The molecule has 200 valence electrons. The number of hydrogen-bond acceptors (Lipinski definition) is 5. The Morgan fingerprint density at radius 3 is 2.50 bits per heavy atom. The van der Waals surface area contributed by atoms with Gasteiger partial charge in [0.2, 0.25) is 5.91 Å². The lowest BCUT2D eigenvalue weighted by Crippen LogP contribution is -2.57. The van der Waals surface area contributed by atoms with E-state index in [1.807, 2.05) is 13.0 Å². The molecule has 2 bridgehead atoms. The third kappa shape index (κ3) is 3.69. The van der Waals surface area contributed by atoms with Gasteiger partial charge in [-0.2, -0.15) is 0 Å². The van der Waals surface area contributed by atoms with Crippen molar-refractivity contribution in [2.45, 2.75) is 49.5 Å². The van der Waals surface area contributed by atoms with Gasteiger partial charge in [-0.3, -0.25) is 14.4 Å². The largest absolute Gasteiger partial charge is 0.481 e. The number of rotatable bonds is 9. The average Bonchev–Trinajstić information content (AvgIpc) is 3.52. The fraction of sp³-hybridized carbons (Fsp3) is 0.414. The molecule has 5 rings (SSSR count). The summed E-state index contributed by atoms with van der Waals surface area (Å²) in [6, 6.07) is 13.8. The normalized spacial score (nSPS) is 30.2. The molecule has 2 N–H and O–H groups in total. The number of fused-ring (bicyclic) bond motifs is 1. The van der Waals surface area contributed by atoms with Crippen molar-refractivity contribution in [1.29, 1.82) is 0 Å². The van der Waals surface area contributed by atoms with Crippen molar-refractivity contribution in [1.82, 2.24) is 4.90 Å². The quantitative estimate of drug-likeness (QED) is 0.470. The van der Waals surface area contributed by atoms with Crippen LogP contribution in [0.2, 0.25) is 5.02 Å². The molecule has 0 radical (unpaired) electrons. The number of anilines is 1. The summed E-state index contributed by atoms with van der Waals surface area (Å²) in [7, 11) is 0. The summed E-state index contributed by atoms with van der Waals surface area (Å²) < 4.78 is 6.62. The second-order valence-corrected chi connectivity index (χ2v) is 10.6. The number of carboxylic acids is 1. The van der Waals surface area contributed by atoms with Crippen LogP contribution < -0.4 is 4.90 Å². The van der Waals surface area contributed by atoms with Crippen molar-refractivity contribution in [3.8, 4) is 0 Å². The predicted molar refractivity (Wildman–Crippen MR) is 142 cm³/mol. The summed E-state index contributed by atoms with van der Waals surface area (Å²) in [6.07, 6.45) is 2.74. The number of carboxylic acid groups (broad SMARTS) is 1. The van der Waals surface area contributed by atoms with E-state index >= 15 is 0 Å². The van der Waals surface area contributed by atoms with Gasteiger partial charge >= 0.3 is 5.97 Å². The minimum absolute atomic E-state index is 0.109. The molecule has 3 saturated heterocycles. The molecule has 38 heavy (non-hydrogen) atoms. The van der Waals surface area contributed by atoms with Crippen molar-refractivity contribution in [2.24, 2.45) is 11.8 Å². The Morgan fingerprint density at radius 1 is 1.21 bits per heavy atom. The molecule has 6 atom stereocenters. The number of aliphatic carboxylic acids is 1. The first-order valence-electron chi connectivity index (χ1n) is 12.8. The zero-order valence-electron chi connectivity index (χ0n) is 21.1. The number of ether oxygens (including phenoxy) is 1. The molecular weight excluding hydrogens is 508 g/mol. The molecule has 2 aromatic carbocycles. The van der Waals surface area contributed by atoms with Crippen LogP contribution in [0.1, 0.15) is 37.8 Å². The van der Waals surface area contributed by atoms with Crippen LogP contribution in [0.5, 0.6) is 0 Å². The highest BCUT2D eigenvalue weighted by atomic mass is 35.5. The minimum atomic E-state index is -1.35. The monoisotopic (exact) mass is 538 g/mol. The first-order chi connectivity index (χ1) is 18.3. The fourth-order valence-electron chi connectivity index (χ4n) is 6.93. The van der Waals surface area contributed by atoms with Crippen LogP contribution in [0.25, 0.3) is 0 Å². The predicted octanol–water partition coefficient (Wildman–Crippen LogP) is 3.83. The highest BCUT2D eigenvalue weighted by Crippen LogP contribution is 2.65. The molecule has 0 aliphatic carbocycles. The molecule has 2 unspecified atom stereocenters. The molecule has 8 nitrogen and oxygen atoms in total. The van der Waals surface area contributed by atoms with E-state index < -0.39 is 59.5 Å². The van der Waals surface area contributed by atoms with E-state index in [-0.39, 0.29) is 6.54 Å². The Bertz CT molecular complexity index is 1270. The molecule has 3 aliphatic heterocycles. The van der Waals surface area contributed by atoms with E-state index in [1.54, 1.807) is 54.6 Å². The van der Waals surface area contributed by atoms with Gasteiger partial charge in [-0.05, 0) is 37.0 Å². The zero-order valence-corrected chi connectivity index (χ0v) is 21.9. The molecule has 2 amide bonds. The Morgan fingerprint density at radius 2 is 1.89 bits per heavy atom. The van der Waals surface area contributed by atoms with Crippen molar-refractivity contribution < 1.29 is 29.3 Å². The lowest BCUT2D eigenvalue weighted by molar-refractivity contribution is -0.157. The van der Waals surface area contributed by atoms with Crippen molar-refractivity contribution in [3.05, 3.63) is 77.8 Å². The molecule has 3 aliphatic rings. The number of aliphatic hydroxyl groups is 1. The van der Waals surface area contributed by atoms with Crippen LogP contribution in [0.3, 0.4) is 0 Å².